The highest BCUT2D eigenvalue weighted by molar-refractivity contribution is 9.11. The van der Waals surface area contributed by atoms with Crippen molar-refractivity contribution in [2.24, 2.45) is 5.92 Å². The molecule has 102 valence electrons. The van der Waals surface area contributed by atoms with Crippen molar-refractivity contribution in [3.63, 3.8) is 0 Å². The minimum atomic E-state index is 0.202. The molecule has 0 aromatic heterocycles. The summed E-state index contributed by atoms with van der Waals surface area (Å²) in [6, 6.07) is 4.03. The van der Waals surface area contributed by atoms with Crippen LogP contribution in [0.2, 0.25) is 0 Å². The molecule has 0 saturated carbocycles. The monoisotopic (exact) mass is 379 g/mol. The number of aliphatic hydroxyl groups excluding tert-OH is 1. The lowest BCUT2D eigenvalue weighted by atomic mass is 10.1. The Hall–Kier alpha value is -0.100. The Morgan fingerprint density at radius 1 is 1.39 bits per heavy atom. The molecule has 0 aliphatic rings. The first-order chi connectivity index (χ1) is 8.58. The molecule has 0 heterocycles. The Bertz CT molecular complexity index is 385. The molecule has 0 fully saturated rings. The van der Waals surface area contributed by atoms with E-state index in [4.69, 9.17) is 9.84 Å². The van der Waals surface area contributed by atoms with E-state index in [1.807, 2.05) is 26.0 Å². The van der Waals surface area contributed by atoms with Crippen molar-refractivity contribution >= 4 is 31.9 Å². The van der Waals surface area contributed by atoms with E-state index in [0.717, 1.165) is 33.3 Å². The molecule has 5 heteroatoms. The van der Waals surface area contributed by atoms with Crippen molar-refractivity contribution in [2.45, 2.75) is 20.4 Å². The lowest BCUT2D eigenvalue weighted by Crippen LogP contribution is -2.23. The molecule has 1 rings (SSSR count). The van der Waals surface area contributed by atoms with E-state index in [-0.39, 0.29) is 12.5 Å². The van der Waals surface area contributed by atoms with Crippen molar-refractivity contribution in [1.29, 1.82) is 0 Å². The molecular weight excluding hydrogens is 362 g/mol. The van der Waals surface area contributed by atoms with Crippen LogP contribution in [0, 0.1) is 5.92 Å². The van der Waals surface area contributed by atoms with Gasteiger partial charge in [-0.1, -0.05) is 22.9 Å². The van der Waals surface area contributed by atoms with Crippen molar-refractivity contribution in [3.05, 3.63) is 26.6 Å². The number of hydrogen-bond acceptors (Lipinski definition) is 3. The van der Waals surface area contributed by atoms with Gasteiger partial charge in [-0.15, -0.1) is 0 Å². The van der Waals surface area contributed by atoms with Crippen molar-refractivity contribution < 1.29 is 9.84 Å². The maximum Gasteiger partial charge on any atom is 0.138 e. The van der Waals surface area contributed by atoms with Gasteiger partial charge >= 0.3 is 0 Å². The highest BCUT2D eigenvalue weighted by Gasteiger charge is 2.10. The molecule has 1 atom stereocenters. The van der Waals surface area contributed by atoms with E-state index in [0.29, 0.717) is 6.61 Å². The summed E-state index contributed by atoms with van der Waals surface area (Å²) < 4.78 is 7.62. The van der Waals surface area contributed by atoms with Crippen LogP contribution in [0.3, 0.4) is 0 Å². The van der Waals surface area contributed by atoms with Crippen molar-refractivity contribution in [1.82, 2.24) is 5.32 Å². The summed E-state index contributed by atoms with van der Waals surface area (Å²) in [6.45, 7) is 6.32. The maximum atomic E-state index is 8.98. The third-order valence-electron chi connectivity index (χ3n) is 2.49. The molecule has 0 amide bonds. The van der Waals surface area contributed by atoms with Crippen LogP contribution in [0.15, 0.2) is 21.1 Å². The second-order valence-corrected chi connectivity index (χ2v) is 6.00. The molecule has 1 aromatic rings. The van der Waals surface area contributed by atoms with Gasteiger partial charge in [0.1, 0.15) is 5.75 Å². The molecule has 0 saturated heterocycles. The molecule has 1 aromatic carbocycles. The number of benzene rings is 1. The Morgan fingerprint density at radius 2 is 2.11 bits per heavy atom. The molecule has 1 unspecified atom stereocenters. The second-order valence-electron chi connectivity index (χ2n) is 4.23. The van der Waals surface area contributed by atoms with Crippen molar-refractivity contribution in [3.8, 4) is 5.75 Å². The molecule has 0 aliphatic carbocycles. The van der Waals surface area contributed by atoms with E-state index in [9.17, 15) is 0 Å². The van der Waals surface area contributed by atoms with Crippen LogP contribution in [0.25, 0.3) is 0 Å². The van der Waals surface area contributed by atoms with Crippen LogP contribution >= 0.6 is 31.9 Å². The SMILES string of the molecule is CCOc1c(Br)cc(Br)cc1CNCC(C)CO. The van der Waals surface area contributed by atoms with E-state index in [2.05, 4.69) is 37.2 Å². The minimum absolute atomic E-state index is 0.202. The van der Waals surface area contributed by atoms with Gasteiger partial charge < -0.3 is 15.2 Å². The number of halogens is 2. The predicted octanol–water partition coefficient (Wildman–Crippen LogP) is 3.33. The third-order valence-corrected chi connectivity index (χ3v) is 3.54. The lowest BCUT2D eigenvalue weighted by Gasteiger charge is -2.15. The van der Waals surface area contributed by atoms with Crippen molar-refractivity contribution in [2.75, 3.05) is 19.8 Å². The van der Waals surface area contributed by atoms with Gasteiger partial charge in [-0.3, -0.25) is 0 Å². The second kappa shape index (κ2) is 8.15. The number of ether oxygens (including phenoxy) is 1. The molecule has 18 heavy (non-hydrogen) atoms. The zero-order valence-electron chi connectivity index (χ0n) is 10.7. The highest BCUT2D eigenvalue weighted by Crippen LogP contribution is 2.32. The zero-order chi connectivity index (χ0) is 13.5. The van der Waals surface area contributed by atoms with Gasteiger partial charge in [-0.05, 0) is 40.9 Å². The topological polar surface area (TPSA) is 41.5 Å². The van der Waals surface area contributed by atoms with Gasteiger partial charge in [0, 0.05) is 29.7 Å². The van der Waals surface area contributed by atoms with E-state index in [1.165, 1.54) is 0 Å². The van der Waals surface area contributed by atoms with Gasteiger partial charge in [0.2, 0.25) is 0 Å². The Labute approximate surface area is 125 Å². The molecule has 3 nitrogen and oxygen atoms in total. The van der Waals surface area contributed by atoms with Gasteiger partial charge in [-0.2, -0.15) is 0 Å². The fourth-order valence-electron chi connectivity index (χ4n) is 1.57. The molecule has 0 aliphatic heterocycles. The quantitative estimate of drug-likeness (QED) is 0.762. The predicted molar refractivity (Wildman–Crippen MR) is 81.0 cm³/mol. The largest absolute Gasteiger partial charge is 0.492 e. The first kappa shape index (κ1) is 16.0. The van der Waals surface area contributed by atoms with E-state index in [1.54, 1.807) is 0 Å². The number of aliphatic hydroxyl groups is 1. The molecule has 0 spiro atoms. The summed E-state index contributed by atoms with van der Waals surface area (Å²) in [5.41, 5.74) is 1.10. The first-order valence-corrected chi connectivity index (χ1v) is 7.59. The molecule has 0 bridgehead atoms. The van der Waals surface area contributed by atoms with Gasteiger partial charge in [0.05, 0.1) is 11.1 Å². The normalized spacial score (nSPS) is 12.5. The molecule has 2 N–H and O–H groups in total. The van der Waals surface area contributed by atoms with Gasteiger partial charge in [0.25, 0.3) is 0 Å². The summed E-state index contributed by atoms with van der Waals surface area (Å²) in [4.78, 5) is 0. The summed E-state index contributed by atoms with van der Waals surface area (Å²) in [6.07, 6.45) is 0. The Balaban J connectivity index is 2.73. The number of rotatable bonds is 7. The Morgan fingerprint density at radius 3 is 2.72 bits per heavy atom. The van der Waals surface area contributed by atoms with E-state index >= 15 is 0 Å². The molecular formula is C13H19Br2NO2. The molecule has 0 radical (unpaired) electrons. The average Bonchev–Trinajstić information content (AvgIpc) is 2.33. The lowest BCUT2D eigenvalue weighted by molar-refractivity contribution is 0.233. The number of nitrogens with one attached hydrogen (secondary N) is 1. The van der Waals surface area contributed by atoms with Crippen LogP contribution in [0.5, 0.6) is 5.75 Å². The zero-order valence-corrected chi connectivity index (χ0v) is 13.8. The van der Waals surface area contributed by atoms with Crippen LogP contribution in [-0.4, -0.2) is 24.9 Å². The minimum Gasteiger partial charge on any atom is -0.492 e. The van der Waals surface area contributed by atoms with Crippen LogP contribution in [-0.2, 0) is 6.54 Å². The van der Waals surface area contributed by atoms with Crippen LogP contribution < -0.4 is 10.1 Å². The third kappa shape index (κ3) is 4.88. The Kier molecular flexibility index (Phi) is 7.22. The summed E-state index contributed by atoms with van der Waals surface area (Å²) in [5.74, 6) is 1.14. The first-order valence-electron chi connectivity index (χ1n) is 6.00. The van der Waals surface area contributed by atoms with Gasteiger partial charge in [-0.25, -0.2) is 0 Å². The maximum absolute atomic E-state index is 8.98. The summed E-state index contributed by atoms with van der Waals surface area (Å²) in [7, 11) is 0. The summed E-state index contributed by atoms with van der Waals surface area (Å²) >= 11 is 6.99. The fourth-order valence-corrected chi connectivity index (χ4v) is 3.00. The average molecular weight is 381 g/mol. The van der Waals surface area contributed by atoms with Crippen LogP contribution in [0.1, 0.15) is 19.4 Å². The van der Waals surface area contributed by atoms with Crippen LogP contribution in [0.4, 0.5) is 0 Å². The standard InChI is InChI=1S/C13H19Br2NO2/c1-3-18-13-10(4-11(14)5-12(13)15)7-16-6-9(2)8-17/h4-5,9,16-17H,3,6-8H2,1-2H3. The highest BCUT2D eigenvalue weighted by atomic mass is 79.9. The van der Waals surface area contributed by atoms with Gasteiger partial charge in [0.15, 0.2) is 0 Å². The summed E-state index contributed by atoms with van der Waals surface area (Å²) in [5, 5.41) is 12.3. The van der Waals surface area contributed by atoms with E-state index < -0.39 is 0 Å². The number of hydrogen-bond donors (Lipinski definition) is 2. The fraction of sp³-hybridized carbons (Fsp3) is 0.538. The smallest absolute Gasteiger partial charge is 0.138 e.